The molecule has 2 aromatic rings. The molecule has 0 saturated carbocycles. The molecular formula is C24H29ClF2N2O4. The summed E-state index contributed by atoms with van der Waals surface area (Å²) in [5.41, 5.74) is -1.72. The van der Waals surface area contributed by atoms with Crippen LogP contribution >= 0.6 is 11.6 Å². The first-order valence-electron chi connectivity index (χ1n) is 11.1. The Bertz CT molecular complexity index is 973. The maximum Gasteiger partial charge on any atom is 0.145 e. The predicted molar refractivity (Wildman–Crippen MR) is 122 cm³/mol. The standard InChI is InChI=1S/C24H29ClF2N2O4/c25-20-5-4-19(13-21(20)27)33-16-24(32)15-28(9-6-22(24)30)14-23(31)7-10-29(11-8-23)18-3-1-2-17(26)12-18/h1-5,12-13,22,30-32H,6-11,14-16H2/t22-,24-/m0/s1. The van der Waals surface area contributed by atoms with Crippen LogP contribution in [0.3, 0.4) is 0 Å². The molecular weight excluding hydrogens is 454 g/mol. The average molecular weight is 483 g/mol. The minimum atomic E-state index is -1.56. The number of hydrogen-bond acceptors (Lipinski definition) is 6. The minimum absolute atomic E-state index is 0.0263. The van der Waals surface area contributed by atoms with E-state index in [1.165, 1.54) is 24.3 Å². The smallest absolute Gasteiger partial charge is 0.145 e. The highest BCUT2D eigenvalue weighted by Gasteiger charge is 2.44. The summed E-state index contributed by atoms with van der Waals surface area (Å²) in [4.78, 5) is 3.98. The van der Waals surface area contributed by atoms with Gasteiger partial charge in [-0.3, -0.25) is 4.90 Å². The Kier molecular flexibility index (Phi) is 7.12. The van der Waals surface area contributed by atoms with E-state index >= 15 is 0 Å². The molecule has 0 amide bonds. The van der Waals surface area contributed by atoms with Crippen molar-refractivity contribution in [2.45, 2.75) is 36.6 Å². The molecule has 33 heavy (non-hydrogen) atoms. The molecule has 2 fully saturated rings. The third-order valence-corrected chi connectivity index (χ3v) is 6.91. The summed E-state index contributed by atoms with van der Waals surface area (Å²) in [5.74, 6) is -0.708. The van der Waals surface area contributed by atoms with Crippen molar-refractivity contribution < 1.29 is 28.8 Å². The first kappa shape index (κ1) is 24.2. The number of anilines is 1. The second-order valence-electron chi connectivity index (χ2n) is 9.17. The summed E-state index contributed by atoms with van der Waals surface area (Å²) >= 11 is 5.69. The molecule has 0 spiro atoms. The fourth-order valence-corrected chi connectivity index (χ4v) is 4.74. The normalized spacial score (nSPS) is 25.8. The van der Waals surface area contributed by atoms with Gasteiger partial charge < -0.3 is 25.0 Å². The van der Waals surface area contributed by atoms with Crippen molar-refractivity contribution in [3.63, 3.8) is 0 Å². The molecule has 4 rings (SSSR count). The Morgan fingerprint density at radius 2 is 1.82 bits per heavy atom. The Morgan fingerprint density at radius 3 is 2.52 bits per heavy atom. The predicted octanol–water partition coefficient (Wildman–Crippen LogP) is 2.83. The van der Waals surface area contributed by atoms with Crippen LogP contribution in [0.4, 0.5) is 14.5 Å². The Labute approximate surface area is 197 Å². The van der Waals surface area contributed by atoms with Crippen LogP contribution in [0.25, 0.3) is 0 Å². The van der Waals surface area contributed by atoms with Crippen LogP contribution in [0.2, 0.25) is 5.02 Å². The van der Waals surface area contributed by atoms with Gasteiger partial charge in [-0.25, -0.2) is 8.78 Å². The topological polar surface area (TPSA) is 76.4 Å². The largest absolute Gasteiger partial charge is 0.490 e. The third-order valence-electron chi connectivity index (χ3n) is 6.60. The van der Waals surface area contributed by atoms with Crippen molar-refractivity contribution in [2.24, 2.45) is 0 Å². The van der Waals surface area contributed by atoms with E-state index in [2.05, 4.69) is 0 Å². The van der Waals surface area contributed by atoms with Crippen molar-refractivity contribution >= 4 is 17.3 Å². The number of β-amino-alcohol motifs (C(OH)–C–C–N with tert-alkyl or cyclic N) is 2. The average Bonchev–Trinajstić information content (AvgIpc) is 2.78. The number of benzene rings is 2. The van der Waals surface area contributed by atoms with E-state index in [0.29, 0.717) is 45.4 Å². The minimum Gasteiger partial charge on any atom is -0.490 e. The lowest BCUT2D eigenvalue weighted by Gasteiger charge is -2.46. The van der Waals surface area contributed by atoms with Gasteiger partial charge in [-0.1, -0.05) is 17.7 Å². The molecule has 2 aliphatic rings. The summed E-state index contributed by atoms with van der Waals surface area (Å²) in [5, 5.41) is 32.6. The Hall–Kier alpha value is -1.97. The van der Waals surface area contributed by atoms with E-state index < -0.39 is 23.1 Å². The summed E-state index contributed by atoms with van der Waals surface area (Å²) in [7, 11) is 0. The summed E-state index contributed by atoms with van der Waals surface area (Å²) in [6, 6.07) is 10.4. The number of hydrogen-bond donors (Lipinski definition) is 3. The molecule has 2 atom stereocenters. The molecule has 0 unspecified atom stereocenters. The first-order valence-corrected chi connectivity index (χ1v) is 11.5. The first-order chi connectivity index (χ1) is 15.7. The number of halogens is 3. The van der Waals surface area contributed by atoms with Gasteiger partial charge in [0.15, 0.2) is 0 Å². The number of rotatable bonds is 6. The highest BCUT2D eigenvalue weighted by Crippen LogP contribution is 2.31. The molecule has 0 aliphatic carbocycles. The van der Waals surface area contributed by atoms with Crippen molar-refractivity contribution in [1.82, 2.24) is 4.90 Å². The SMILES string of the molecule is O[C@H]1CCN(CC2(O)CCN(c3cccc(F)c3)CC2)C[C@]1(O)COc1ccc(Cl)c(F)c1. The van der Waals surface area contributed by atoms with Gasteiger partial charge >= 0.3 is 0 Å². The van der Waals surface area contributed by atoms with Gasteiger partial charge in [0, 0.05) is 44.5 Å². The van der Waals surface area contributed by atoms with Crippen LogP contribution in [0.5, 0.6) is 5.75 Å². The Balaban J connectivity index is 1.34. The van der Waals surface area contributed by atoms with Gasteiger partial charge in [0.25, 0.3) is 0 Å². The molecule has 2 aromatic carbocycles. The molecule has 3 N–H and O–H groups in total. The zero-order valence-electron chi connectivity index (χ0n) is 18.3. The molecule has 2 heterocycles. The summed E-state index contributed by atoms with van der Waals surface area (Å²) < 4.78 is 32.7. The van der Waals surface area contributed by atoms with E-state index in [1.807, 2.05) is 15.9 Å². The monoisotopic (exact) mass is 482 g/mol. The molecule has 0 bridgehead atoms. The fourth-order valence-electron chi connectivity index (χ4n) is 4.63. The fraction of sp³-hybridized carbons (Fsp3) is 0.500. The zero-order chi connectivity index (χ0) is 23.6. The Morgan fingerprint density at radius 1 is 1.06 bits per heavy atom. The number of aliphatic hydroxyl groups excluding tert-OH is 1. The molecule has 0 radical (unpaired) electrons. The van der Waals surface area contributed by atoms with Crippen molar-refractivity contribution in [1.29, 1.82) is 0 Å². The quantitative estimate of drug-likeness (QED) is 0.588. The molecule has 6 nitrogen and oxygen atoms in total. The lowest BCUT2D eigenvalue weighted by atomic mass is 9.86. The van der Waals surface area contributed by atoms with Gasteiger partial charge in [0.2, 0.25) is 0 Å². The van der Waals surface area contributed by atoms with E-state index in [0.717, 1.165) is 11.8 Å². The number of aliphatic hydroxyl groups is 3. The number of ether oxygens (including phenoxy) is 1. The lowest BCUT2D eigenvalue weighted by Crippen LogP contribution is -2.62. The molecule has 180 valence electrons. The zero-order valence-corrected chi connectivity index (χ0v) is 19.0. The van der Waals surface area contributed by atoms with Crippen LogP contribution in [0.15, 0.2) is 42.5 Å². The maximum atomic E-state index is 13.7. The molecule has 9 heteroatoms. The lowest BCUT2D eigenvalue weighted by molar-refractivity contribution is -0.149. The highest BCUT2D eigenvalue weighted by molar-refractivity contribution is 6.30. The number of piperidine rings is 2. The van der Waals surface area contributed by atoms with E-state index in [-0.39, 0.29) is 29.7 Å². The van der Waals surface area contributed by atoms with Crippen molar-refractivity contribution in [3.05, 3.63) is 59.1 Å². The number of nitrogens with zero attached hydrogens (tertiary/aromatic N) is 2. The molecule has 0 aromatic heterocycles. The van der Waals surface area contributed by atoms with Crippen LogP contribution < -0.4 is 9.64 Å². The van der Waals surface area contributed by atoms with Gasteiger partial charge in [0.1, 0.15) is 29.6 Å². The van der Waals surface area contributed by atoms with Crippen LogP contribution in [0, 0.1) is 11.6 Å². The summed E-state index contributed by atoms with van der Waals surface area (Å²) in [6.45, 7) is 1.93. The van der Waals surface area contributed by atoms with Crippen LogP contribution in [-0.2, 0) is 0 Å². The van der Waals surface area contributed by atoms with E-state index in [4.69, 9.17) is 16.3 Å². The third kappa shape index (κ3) is 5.75. The highest BCUT2D eigenvalue weighted by atomic mass is 35.5. The molecule has 2 aliphatic heterocycles. The van der Waals surface area contributed by atoms with E-state index in [9.17, 15) is 24.1 Å². The second-order valence-corrected chi connectivity index (χ2v) is 9.58. The van der Waals surface area contributed by atoms with Crippen LogP contribution in [0.1, 0.15) is 19.3 Å². The van der Waals surface area contributed by atoms with Gasteiger partial charge in [-0.05, 0) is 49.6 Å². The van der Waals surface area contributed by atoms with Gasteiger partial charge in [-0.2, -0.15) is 0 Å². The maximum absolute atomic E-state index is 13.7. The van der Waals surface area contributed by atoms with Crippen molar-refractivity contribution in [3.8, 4) is 5.75 Å². The summed E-state index contributed by atoms with van der Waals surface area (Å²) in [6.07, 6.45) is 0.319. The second kappa shape index (κ2) is 9.72. The van der Waals surface area contributed by atoms with Crippen molar-refractivity contribution in [2.75, 3.05) is 44.2 Å². The molecule has 2 saturated heterocycles. The van der Waals surface area contributed by atoms with Crippen LogP contribution in [-0.4, -0.2) is 76.9 Å². The van der Waals surface area contributed by atoms with E-state index in [1.54, 1.807) is 6.07 Å². The van der Waals surface area contributed by atoms with Gasteiger partial charge in [-0.15, -0.1) is 0 Å². The number of likely N-dealkylation sites (tertiary alicyclic amines) is 1. The van der Waals surface area contributed by atoms with Gasteiger partial charge in [0.05, 0.1) is 16.7 Å².